The zero-order chi connectivity index (χ0) is 9.42. The summed E-state index contributed by atoms with van der Waals surface area (Å²) in [6.07, 6.45) is -0.475. The molecule has 4 heteroatoms. The lowest BCUT2D eigenvalue weighted by Gasteiger charge is -2.26. The van der Waals surface area contributed by atoms with E-state index in [1.807, 2.05) is 18.2 Å². The first-order valence-electron chi connectivity index (χ1n) is 3.93. The van der Waals surface area contributed by atoms with Crippen LogP contribution in [0.1, 0.15) is 11.7 Å². The van der Waals surface area contributed by atoms with E-state index in [2.05, 4.69) is 31.9 Å². The monoisotopic (exact) mass is 306 g/mol. The highest BCUT2D eigenvalue weighted by Crippen LogP contribution is 2.36. The number of aliphatic hydroxyl groups is 1. The fourth-order valence-electron chi connectivity index (χ4n) is 1.33. The minimum atomic E-state index is -0.475. The van der Waals surface area contributed by atoms with Gasteiger partial charge in [0.15, 0.2) is 0 Å². The van der Waals surface area contributed by atoms with Crippen molar-refractivity contribution >= 4 is 31.9 Å². The summed E-state index contributed by atoms with van der Waals surface area (Å²) in [6, 6.07) is 5.64. The zero-order valence-electron chi connectivity index (χ0n) is 6.71. The molecule has 2 atom stereocenters. The lowest BCUT2D eigenvalue weighted by molar-refractivity contribution is 0.125. The third-order valence-electron chi connectivity index (χ3n) is 2.03. The molecule has 0 bridgehead atoms. The molecule has 1 aromatic carbocycles. The summed E-state index contributed by atoms with van der Waals surface area (Å²) in [5.74, 6) is 0.762. The van der Waals surface area contributed by atoms with Gasteiger partial charge in [0.05, 0.1) is 10.9 Å². The summed E-state index contributed by atoms with van der Waals surface area (Å²) in [6.45, 7) is 0.505. The molecule has 1 heterocycles. The second-order valence-electron chi connectivity index (χ2n) is 2.95. The van der Waals surface area contributed by atoms with Crippen molar-refractivity contribution in [3.63, 3.8) is 0 Å². The molecule has 0 amide bonds. The highest BCUT2D eigenvalue weighted by Gasteiger charge is 2.27. The lowest BCUT2D eigenvalue weighted by atomic mass is 10.0. The number of hydrogen-bond donors (Lipinski definition) is 1. The standard InChI is InChI=1S/C9H8Br2O2/c10-5-1-2-6-8(3-5)13-4-7(11)9(6)12/h1-3,7,9,12H,4H2. The average molecular weight is 308 g/mol. The first-order chi connectivity index (χ1) is 6.18. The molecule has 0 saturated heterocycles. The molecule has 1 aromatic rings. The first kappa shape index (κ1) is 9.49. The van der Waals surface area contributed by atoms with Crippen molar-refractivity contribution in [3.05, 3.63) is 28.2 Å². The van der Waals surface area contributed by atoms with Crippen molar-refractivity contribution in [1.29, 1.82) is 0 Å². The van der Waals surface area contributed by atoms with Crippen LogP contribution in [0.4, 0.5) is 0 Å². The van der Waals surface area contributed by atoms with Crippen molar-refractivity contribution in [2.24, 2.45) is 0 Å². The average Bonchev–Trinajstić information content (AvgIpc) is 2.12. The molecule has 0 aromatic heterocycles. The molecule has 13 heavy (non-hydrogen) atoms. The van der Waals surface area contributed by atoms with Gasteiger partial charge in [-0.1, -0.05) is 37.9 Å². The predicted molar refractivity (Wildman–Crippen MR) is 57.3 cm³/mol. The quantitative estimate of drug-likeness (QED) is 0.747. The number of benzene rings is 1. The van der Waals surface area contributed by atoms with E-state index < -0.39 is 6.10 Å². The SMILES string of the molecule is OC1c2ccc(Br)cc2OCC1Br. The second-order valence-corrected chi connectivity index (χ2v) is 5.05. The minimum absolute atomic E-state index is 0.0128. The van der Waals surface area contributed by atoms with Gasteiger partial charge in [0, 0.05) is 10.0 Å². The van der Waals surface area contributed by atoms with Crippen molar-refractivity contribution < 1.29 is 9.84 Å². The zero-order valence-corrected chi connectivity index (χ0v) is 9.88. The van der Waals surface area contributed by atoms with E-state index >= 15 is 0 Å². The predicted octanol–water partition coefficient (Wildman–Crippen LogP) is 2.64. The molecule has 0 spiro atoms. The van der Waals surface area contributed by atoms with E-state index in [9.17, 15) is 5.11 Å². The van der Waals surface area contributed by atoms with Crippen LogP contribution >= 0.6 is 31.9 Å². The molecule has 2 nitrogen and oxygen atoms in total. The van der Waals surface area contributed by atoms with E-state index in [-0.39, 0.29) is 4.83 Å². The Morgan fingerprint density at radius 1 is 1.46 bits per heavy atom. The molecule has 1 N–H and O–H groups in total. The van der Waals surface area contributed by atoms with Crippen LogP contribution in [0.2, 0.25) is 0 Å². The molecule has 2 unspecified atom stereocenters. The van der Waals surface area contributed by atoms with Gasteiger partial charge in [0.1, 0.15) is 12.4 Å². The van der Waals surface area contributed by atoms with Crippen molar-refractivity contribution in [2.75, 3.05) is 6.61 Å². The molecule has 0 aliphatic carbocycles. The van der Waals surface area contributed by atoms with Gasteiger partial charge in [0.25, 0.3) is 0 Å². The van der Waals surface area contributed by atoms with Gasteiger partial charge in [-0.15, -0.1) is 0 Å². The van der Waals surface area contributed by atoms with Gasteiger partial charge in [-0.2, -0.15) is 0 Å². The number of aliphatic hydroxyl groups excluding tert-OH is 1. The van der Waals surface area contributed by atoms with Crippen LogP contribution in [-0.2, 0) is 0 Å². The summed E-state index contributed by atoms with van der Waals surface area (Å²) in [7, 11) is 0. The summed E-state index contributed by atoms with van der Waals surface area (Å²) in [4.78, 5) is -0.0128. The van der Waals surface area contributed by atoms with E-state index in [0.29, 0.717) is 6.61 Å². The minimum Gasteiger partial charge on any atom is -0.492 e. The summed E-state index contributed by atoms with van der Waals surface area (Å²) in [5.41, 5.74) is 0.844. The van der Waals surface area contributed by atoms with E-state index in [4.69, 9.17) is 4.74 Å². The highest BCUT2D eigenvalue weighted by atomic mass is 79.9. The van der Waals surface area contributed by atoms with Crippen LogP contribution in [0.25, 0.3) is 0 Å². The van der Waals surface area contributed by atoms with Crippen LogP contribution in [0.3, 0.4) is 0 Å². The Kier molecular flexibility index (Phi) is 2.62. The Bertz CT molecular complexity index is 327. The van der Waals surface area contributed by atoms with Crippen molar-refractivity contribution in [1.82, 2.24) is 0 Å². The molecule has 1 aliphatic heterocycles. The number of ether oxygens (including phenoxy) is 1. The fourth-order valence-corrected chi connectivity index (χ4v) is 2.09. The van der Waals surface area contributed by atoms with Crippen LogP contribution in [0.15, 0.2) is 22.7 Å². The van der Waals surface area contributed by atoms with Crippen molar-refractivity contribution in [2.45, 2.75) is 10.9 Å². The maximum absolute atomic E-state index is 9.78. The number of fused-ring (bicyclic) bond motifs is 1. The third kappa shape index (κ3) is 1.75. The summed E-state index contributed by atoms with van der Waals surface area (Å²) < 4.78 is 6.41. The van der Waals surface area contributed by atoms with Crippen LogP contribution in [0.5, 0.6) is 5.75 Å². The van der Waals surface area contributed by atoms with E-state index in [0.717, 1.165) is 15.8 Å². The Labute approximate surface area is 93.2 Å². The van der Waals surface area contributed by atoms with Crippen LogP contribution in [-0.4, -0.2) is 16.5 Å². The largest absolute Gasteiger partial charge is 0.492 e. The topological polar surface area (TPSA) is 29.5 Å². The number of alkyl halides is 1. The van der Waals surface area contributed by atoms with E-state index in [1.54, 1.807) is 0 Å². The maximum Gasteiger partial charge on any atom is 0.126 e. The Hall–Kier alpha value is -0.0600. The van der Waals surface area contributed by atoms with E-state index in [1.165, 1.54) is 0 Å². The normalized spacial score (nSPS) is 26.4. The summed E-state index contributed by atoms with van der Waals surface area (Å²) in [5, 5.41) is 9.78. The first-order valence-corrected chi connectivity index (χ1v) is 5.64. The fraction of sp³-hybridized carbons (Fsp3) is 0.333. The number of halogens is 2. The maximum atomic E-state index is 9.78. The number of hydrogen-bond acceptors (Lipinski definition) is 2. The van der Waals surface area contributed by atoms with Crippen LogP contribution in [0, 0.1) is 0 Å². The molecular weight excluding hydrogens is 300 g/mol. The molecule has 70 valence electrons. The van der Waals surface area contributed by atoms with Crippen LogP contribution < -0.4 is 4.74 Å². The van der Waals surface area contributed by atoms with Gasteiger partial charge in [-0.05, 0) is 12.1 Å². The summed E-state index contributed by atoms with van der Waals surface area (Å²) >= 11 is 6.71. The van der Waals surface area contributed by atoms with Gasteiger partial charge in [0.2, 0.25) is 0 Å². The van der Waals surface area contributed by atoms with Crippen molar-refractivity contribution in [3.8, 4) is 5.75 Å². The molecular formula is C9H8Br2O2. The second kappa shape index (κ2) is 3.59. The van der Waals surface area contributed by atoms with Gasteiger partial charge < -0.3 is 9.84 Å². The third-order valence-corrected chi connectivity index (χ3v) is 3.29. The smallest absolute Gasteiger partial charge is 0.126 e. The molecule has 0 saturated carbocycles. The Morgan fingerprint density at radius 3 is 3.00 bits per heavy atom. The Balaban J connectivity index is 2.44. The molecule has 2 rings (SSSR count). The van der Waals surface area contributed by atoms with Gasteiger partial charge in [-0.25, -0.2) is 0 Å². The van der Waals surface area contributed by atoms with Gasteiger partial charge >= 0.3 is 0 Å². The lowest BCUT2D eigenvalue weighted by Crippen LogP contribution is -2.25. The molecule has 0 fully saturated rings. The highest BCUT2D eigenvalue weighted by molar-refractivity contribution is 9.10. The molecule has 1 aliphatic rings. The van der Waals surface area contributed by atoms with Gasteiger partial charge in [-0.3, -0.25) is 0 Å². The number of rotatable bonds is 0. The Morgan fingerprint density at radius 2 is 2.23 bits per heavy atom. The molecule has 0 radical (unpaired) electrons.